The predicted molar refractivity (Wildman–Crippen MR) is 109 cm³/mol. The van der Waals surface area contributed by atoms with Crippen molar-refractivity contribution in [1.29, 1.82) is 0 Å². The molecule has 0 spiro atoms. The van der Waals surface area contributed by atoms with E-state index in [0.717, 1.165) is 5.69 Å². The Morgan fingerprint density at radius 3 is 2.50 bits per heavy atom. The van der Waals surface area contributed by atoms with E-state index < -0.39 is 10.0 Å². The van der Waals surface area contributed by atoms with Crippen LogP contribution in [0.1, 0.15) is 19.8 Å². The van der Waals surface area contributed by atoms with Gasteiger partial charge in [0.25, 0.3) is 0 Å². The van der Waals surface area contributed by atoms with Gasteiger partial charge in [-0.1, -0.05) is 29.8 Å². The number of amides is 1. The number of nitrogens with one attached hydrogen (secondary N) is 1. The van der Waals surface area contributed by atoms with Gasteiger partial charge in [-0.05, 0) is 50.1 Å². The number of ether oxygens (including phenoxy) is 1. The van der Waals surface area contributed by atoms with Crippen LogP contribution < -0.4 is 10.1 Å². The van der Waals surface area contributed by atoms with Gasteiger partial charge in [-0.25, -0.2) is 8.42 Å². The third-order valence-corrected chi connectivity index (χ3v) is 6.84. The van der Waals surface area contributed by atoms with E-state index in [4.69, 9.17) is 16.3 Å². The number of carbonyl (C=O) groups is 1. The largest absolute Gasteiger partial charge is 0.492 e. The second kappa shape index (κ2) is 8.94. The Labute approximate surface area is 170 Å². The van der Waals surface area contributed by atoms with Crippen LogP contribution in [0.4, 0.5) is 5.69 Å². The minimum Gasteiger partial charge on any atom is -0.492 e. The number of anilines is 1. The van der Waals surface area contributed by atoms with Gasteiger partial charge in [-0.2, -0.15) is 4.31 Å². The summed E-state index contributed by atoms with van der Waals surface area (Å²) < 4.78 is 33.0. The quantitative estimate of drug-likeness (QED) is 0.768. The number of hydrogen-bond donors (Lipinski definition) is 1. The molecule has 0 bridgehead atoms. The zero-order chi connectivity index (χ0) is 20.1. The summed E-state index contributed by atoms with van der Waals surface area (Å²) in [6.45, 7) is 2.69. The van der Waals surface area contributed by atoms with Crippen molar-refractivity contribution in [2.75, 3.05) is 25.0 Å². The van der Waals surface area contributed by atoms with E-state index in [-0.39, 0.29) is 35.6 Å². The van der Waals surface area contributed by atoms with Crippen molar-refractivity contribution < 1.29 is 17.9 Å². The molecule has 28 heavy (non-hydrogen) atoms. The molecule has 150 valence electrons. The summed E-state index contributed by atoms with van der Waals surface area (Å²) in [6, 6.07) is 13.8. The smallest absolute Gasteiger partial charge is 0.246 e. The maximum atomic E-state index is 13.1. The van der Waals surface area contributed by atoms with Gasteiger partial charge in [-0.3, -0.25) is 4.79 Å². The van der Waals surface area contributed by atoms with Crippen LogP contribution >= 0.6 is 11.6 Å². The molecule has 0 unspecified atom stereocenters. The summed E-state index contributed by atoms with van der Waals surface area (Å²) in [7, 11) is -3.75. The van der Waals surface area contributed by atoms with Gasteiger partial charge >= 0.3 is 0 Å². The Morgan fingerprint density at radius 2 is 1.86 bits per heavy atom. The molecule has 1 heterocycles. The molecule has 2 aromatic carbocycles. The van der Waals surface area contributed by atoms with Gasteiger partial charge in [0.2, 0.25) is 15.9 Å². The van der Waals surface area contributed by atoms with Crippen molar-refractivity contribution in [3.63, 3.8) is 0 Å². The lowest BCUT2D eigenvalue weighted by atomic mass is 9.97. The zero-order valence-corrected chi connectivity index (χ0v) is 17.2. The first kappa shape index (κ1) is 20.6. The van der Waals surface area contributed by atoms with E-state index in [0.29, 0.717) is 24.5 Å². The summed E-state index contributed by atoms with van der Waals surface area (Å²) >= 11 is 6.01. The minimum absolute atomic E-state index is 0.0639. The fraction of sp³-hybridized carbons (Fsp3) is 0.350. The van der Waals surface area contributed by atoms with E-state index in [9.17, 15) is 13.2 Å². The summed E-state index contributed by atoms with van der Waals surface area (Å²) in [5.41, 5.74) is 0.739. The van der Waals surface area contributed by atoms with Crippen LogP contribution in [0.25, 0.3) is 0 Å². The minimum atomic E-state index is -3.75. The molecule has 0 aromatic heterocycles. The van der Waals surface area contributed by atoms with Crippen molar-refractivity contribution >= 4 is 33.2 Å². The van der Waals surface area contributed by atoms with Crippen molar-refractivity contribution in [2.45, 2.75) is 24.7 Å². The maximum Gasteiger partial charge on any atom is 0.246 e. The highest BCUT2D eigenvalue weighted by Crippen LogP contribution is 2.32. The lowest BCUT2D eigenvalue weighted by Crippen LogP contribution is -2.41. The van der Waals surface area contributed by atoms with Gasteiger partial charge < -0.3 is 10.1 Å². The van der Waals surface area contributed by atoms with Crippen LogP contribution in [0.2, 0.25) is 5.02 Å². The molecule has 1 N–H and O–H groups in total. The molecule has 8 heteroatoms. The second-order valence-electron chi connectivity index (χ2n) is 6.56. The summed E-state index contributed by atoms with van der Waals surface area (Å²) in [4.78, 5) is 12.5. The van der Waals surface area contributed by atoms with E-state index in [1.807, 2.05) is 30.3 Å². The Balaban J connectivity index is 1.69. The van der Waals surface area contributed by atoms with Crippen LogP contribution in [0.3, 0.4) is 0 Å². The molecule has 0 radical (unpaired) electrons. The predicted octanol–water partition coefficient (Wildman–Crippen LogP) is 3.78. The van der Waals surface area contributed by atoms with E-state index in [1.165, 1.54) is 10.4 Å². The molecule has 2 aromatic rings. The van der Waals surface area contributed by atoms with Gasteiger partial charge in [0, 0.05) is 29.7 Å². The van der Waals surface area contributed by atoms with Crippen molar-refractivity contribution in [3.8, 4) is 5.75 Å². The SMILES string of the molecule is CCOc1ccc(Cl)cc1S(=O)(=O)N1CCC(C(=O)Nc2ccccc2)CC1. The van der Waals surface area contributed by atoms with Crippen LogP contribution in [0.5, 0.6) is 5.75 Å². The zero-order valence-electron chi connectivity index (χ0n) is 15.6. The Morgan fingerprint density at radius 1 is 1.18 bits per heavy atom. The summed E-state index contributed by atoms with van der Waals surface area (Å²) in [5, 5.41) is 3.22. The maximum absolute atomic E-state index is 13.1. The number of piperidine rings is 1. The second-order valence-corrected chi connectivity index (χ2v) is 8.90. The van der Waals surface area contributed by atoms with Gasteiger partial charge in [0.05, 0.1) is 6.61 Å². The summed E-state index contributed by atoms with van der Waals surface area (Å²) in [6.07, 6.45) is 0.921. The van der Waals surface area contributed by atoms with Crippen molar-refractivity contribution in [2.24, 2.45) is 5.92 Å². The normalized spacial score (nSPS) is 15.9. The third-order valence-electron chi connectivity index (χ3n) is 4.69. The highest BCUT2D eigenvalue weighted by atomic mass is 35.5. The molecular formula is C20H23ClN2O4S. The molecule has 1 aliphatic heterocycles. The average Bonchev–Trinajstić information content (AvgIpc) is 2.70. The van der Waals surface area contributed by atoms with Gasteiger partial charge in [0.15, 0.2) is 0 Å². The number of para-hydroxylation sites is 1. The van der Waals surface area contributed by atoms with Gasteiger partial charge in [0.1, 0.15) is 10.6 Å². The van der Waals surface area contributed by atoms with E-state index >= 15 is 0 Å². The fourth-order valence-electron chi connectivity index (χ4n) is 3.22. The van der Waals surface area contributed by atoms with Crippen LogP contribution in [-0.4, -0.2) is 38.3 Å². The molecule has 1 fully saturated rings. The molecular weight excluding hydrogens is 400 g/mol. The van der Waals surface area contributed by atoms with Crippen molar-refractivity contribution in [1.82, 2.24) is 4.31 Å². The lowest BCUT2D eigenvalue weighted by Gasteiger charge is -2.31. The standard InChI is InChI=1S/C20H23ClN2O4S/c1-2-27-18-9-8-16(21)14-19(18)28(25,26)23-12-10-15(11-13-23)20(24)22-17-6-4-3-5-7-17/h3-9,14-15H,2,10-13H2,1H3,(H,22,24). The number of halogens is 1. The molecule has 1 saturated heterocycles. The monoisotopic (exact) mass is 422 g/mol. The Hall–Kier alpha value is -2.09. The van der Waals surface area contributed by atoms with Crippen LogP contribution in [0.15, 0.2) is 53.4 Å². The number of rotatable bonds is 6. The number of carbonyl (C=O) groups excluding carboxylic acids is 1. The van der Waals surface area contributed by atoms with Gasteiger partial charge in [-0.15, -0.1) is 0 Å². The average molecular weight is 423 g/mol. The van der Waals surface area contributed by atoms with Crippen LogP contribution in [0, 0.1) is 5.92 Å². The molecule has 0 aliphatic carbocycles. The van der Waals surface area contributed by atoms with E-state index in [1.54, 1.807) is 19.1 Å². The topological polar surface area (TPSA) is 75.7 Å². The Bertz CT molecular complexity index is 926. The molecule has 6 nitrogen and oxygen atoms in total. The fourth-order valence-corrected chi connectivity index (χ4v) is 5.09. The van der Waals surface area contributed by atoms with Crippen LogP contribution in [-0.2, 0) is 14.8 Å². The highest BCUT2D eigenvalue weighted by Gasteiger charge is 2.34. The first-order valence-electron chi connectivity index (χ1n) is 9.20. The number of nitrogens with zero attached hydrogens (tertiary/aromatic N) is 1. The summed E-state index contributed by atoms with van der Waals surface area (Å²) in [5.74, 6) is -0.0192. The molecule has 3 rings (SSSR count). The van der Waals surface area contributed by atoms with E-state index in [2.05, 4.69) is 5.32 Å². The molecule has 1 amide bonds. The third kappa shape index (κ3) is 4.66. The molecule has 0 saturated carbocycles. The number of benzene rings is 2. The number of hydrogen-bond acceptors (Lipinski definition) is 4. The first-order valence-corrected chi connectivity index (χ1v) is 11.0. The Kier molecular flexibility index (Phi) is 6.59. The first-order chi connectivity index (χ1) is 13.4. The molecule has 1 aliphatic rings. The highest BCUT2D eigenvalue weighted by molar-refractivity contribution is 7.89. The molecule has 0 atom stereocenters. The van der Waals surface area contributed by atoms with Crippen molar-refractivity contribution in [3.05, 3.63) is 53.6 Å². The lowest BCUT2D eigenvalue weighted by molar-refractivity contribution is -0.120. The number of sulfonamides is 1.